The number of hydrogen-bond acceptors (Lipinski definition) is 4. The van der Waals surface area contributed by atoms with E-state index in [0.717, 1.165) is 5.69 Å². The highest BCUT2D eigenvalue weighted by Crippen LogP contribution is 2.15. The van der Waals surface area contributed by atoms with Gasteiger partial charge in [-0.25, -0.2) is 4.98 Å². The van der Waals surface area contributed by atoms with Crippen molar-refractivity contribution < 1.29 is 0 Å². The van der Waals surface area contributed by atoms with Gasteiger partial charge in [0.05, 0.1) is 6.20 Å². The SMILES string of the molecule is [C]1=[N+]c2n[c]ncc2N1. The van der Waals surface area contributed by atoms with Crippen molar-refractivity contribution in [2.45, 2.75) is 0 Å². The van der Waals surface area contributed by atoms with E-state index < -0.39 is 0 Å². The summed E-state index contributed by atoms with van der Waals surface area (Å²) in [4.78, 5) is 11.1. The van der Waals surface area contributed by atoms with Crippen LogP contribution in [0.1, 0.15) is 0 Å². The van der Waals surface area contributed by atoms with Crippen molar-refractivity contribution in [3.63, 3.8) is 0 Å². The Morgan fingerprint density at radius 1 is 1.67 bits per heavy atom. The summed E-state index contributed by atoms with van der Waals surface area (Å²) >= 11 is 0. The largest absolute Gasteiger partial charge is 0.340 e. The summed E-state index contributed by atoms with van der Waals surface area (Å²) in [6.07, 6.45) is 6.56. The van der Waals surface area contributed by atoms with Crippen LogP contribution >= 0.6 is 0 Å². The second-order valence-corrected chi connectivity index (χ2v) is 1.56. The smallest absolute Gasteiger partial charge is 0.258 e. The number of rotatable bonds is 0. The van der Waals surface area contributed by atoms with Crippen molar-refractivity contribution in [2.24, 2.45) is 0 Å². The average molecular weight is 118 g/mol. The number of nitrogens with zero attached hydrogens (tertiary/aromatic N) is 3. The lowest BCUT2D eigenvalue weighted by molar-refractivity contribution is 1.13. The van der Waals surface area contributed by atoms with E-state index >= 15 is 0 Å². The number of aliphatic imine (C=N–C) groups is 1. The van der Waals surface area contributed by atoms with Crippen LogP contribution in [0.5, 0.6) is 0 Å². The molecule has 0 saturated carbocycles. The molecule has 0 saturated heterocycles. The third kappa shape index (κ3) is 0.561. The van der Waals surface area contributed by atoms with Gasteiger partial charge in [0.1, 0.15) is 0 Å². The van der Waals surface area contributed by atoms with Crippen molar-refractivity contribution in [3.05, 3.63) is 12.5 Å². The Morgan fingerprint density at radius 2 is 2.67 bits per heavy atom. The van der Waals surface area contributed by atoms with Crippen LogP contribution in [0.25, 0.3) is 0 Å². The van der Waals surface area contributed by atoms with Gasteiger partial charge in [-0.05, 0) is 0 Å². The molecule has 0 fully saturated rings. The lowest BCUT2D eigenvalue weighted by atomic mass is 10.5. The molecular formula is C5H2N4+. The molecule has 0 unspecified atom stereocenters. The molecule has 0 spiro atoms. The zero-order valence-electron chi connectivity index (χ0n) is 4.42. The van der Waals surface area contributed by atoms with Crippen LogP contribution in [0.2, 0.25) is 0 Å². The first-order valence-corrected chi connectivity index (χ1v) is 2.41. The van der Waals surface area contributed by atoms with Gasteiger partial charge < -0.3 is 0 Å². The number of hydrogen-bond donors (Lipinski definition) is 1. The Morgan fingerprint density at radius 3 is 3.56 bits per heavy atom. The summed E-state index contributed by atoms with van der Waals surface area (Å²) in [6, 6.07) is 0. The molecular weight excluding hydrogens is 116 g/mol. The van der Waals surface area contributed by atoms with Gasteiger partial charge in [0.25, 0.3) is 6.33 Å². The third-order valence-electron chi connectivity index (χ3n) is 1.00. The van der Waals surface area contributed by atoms with E-state index in [1.54, 1.807) is 6.20 Å². The van der Waals surface area contributed by atoms with Gasteiger partial charge in [0, 0.05) is 0 Å². The van der Waals surface area contributed by atoms with Crippen LogP contribution in [0.3, 0.4) is 0 Å². The van der Waals surface area contributed by atoms with Gasteiger partial charge in [0.2, 0.25) is 0 Å². The second-order valence-electron chi connectivity index (χ2n) is 1.56. The average Bonchev–Trinajstić information content (AvgIpc) is 2.33. The summed E-state index contributed by atoms with van der Waals surface area (Å²) in [7, 11) is 0. The van der Waals surface area contributed by atoms with Crippen LogP contribution < -0.4 is 10.3 Å². The summed E-state index contributed by atoms with van der Waals surface area (Å²) < 4.78 is 0. The minimum Gasteiger partial charge on any atom is -0.258 e. The molecule has 1 aromatic heterocycles. The van der Waals surface area contributed by atoms with Crippen LogP contribution in [-0.4, -0.2) is 16.3 Å². The van der Waals surface area contributed by atoms with E-state index in [1.165, 1.54) is 0 Å². The van der Waals surface area contributed by atoms with Crippen molar-refractivity contribution in [2.75, 3.05) is 5.32 Å². The van der Waals surface area contributed by atoms with Gasteiger partial charge in [-0.2, -0.15) is 0 Å². The molecule has 2 rings (SSSR count). The standard InChI is InChI=1S/C5H2N4/c1-4-5(8-2-6-1)9-3-7-4/h1,7H/q+1. The fourth-order valence-corrected chi connectivity index (χ4v) is 0.602. The van der Waals surface area contributed by atoms with Gasteiger partial charge in [0.15, 0.2) is 5.69 Å². The second kappa shape index (κ2) is 1.51. The highest BCUT2D eigenvalue weighted by molar-refractivity contribution is 5.86. The van der Waals surface area contributed by atoms with Crippen LogP contribution in [0.15, 0.2) is 6.20 Å². The van der Waals surface area contributed by atoms with E-state index in [4.69, 9.17) is 0 Å². The molecule has 1 N–H and O–H groups in total. The molecule has 9 heavy (non-hydrogen) atoms. The first-order chi connectivity index (χ1) is 4.47. The van der Waals surface area contributed by atoms with E-state index in [9.17, 15) is 0 Å². The van der Waals surface area contributed by atoms with Gasteiger partial charge >= 0.3 is 12.2 Å². The topological polar surface area (TPSA) is 51.9 Å². The molecule has 0 amide bonds. The minimum atomic E-state index is 0.602. The predicted molar refractivity (Wildman–Crippen MR) is 31.3 cm³/mol. The molecule has 0 bridgehead atoms. The summed E-state index contributed by atoms with van der Waals surface area (Å²) in [6.45, 7) is 0. The maximum Gasteiger partial charge on any atom is 0.340 e. The Balaban J connectivity index is 2.63. The van der Waals surface area contributed by atoms with E-state index in [1.807, 2.05) is 0 Å². The summed E-state index contributed by atoms with van der Waals surface area (Å²) in [5.74, 6) is 0.602. The monoisotopic (exact) mass is 118 g/mol. The first-order valence-electron chi connectivity index (χ1n) is 2.41. The highest BCUT2D eigenvalue weighted by Gasteiger charge is 2.16. The number of aromatic nitrogens is 2. The van der Waals surface area contributed by atoms with Gasteiger partial charge in [-0.3, -0.25) is 5.32 Å². The third-order valence-corrected chi connectivity index (χ3v) is 1.00. The lowest BCUT2D eigenvalue weighted by Gasteiger charge is -1.80. The number of fused-ring (bicyclic) bond motifs is 1. The summed E-state index contributed by atoms with van der Waals surface area (Å²) in [5, 5.41) is 2.74. The number of nitrogens with one attached hydrogen (secondary N) is 1. The normalized spacial score (nSPS) is 12.9. The molecule has 41 valence electrons. The fraction of sp³-hybridized carbons (Fsp3) is 0. The van der Waals surface area contributed by atoms with Crippen molar-refractivity contribution in [1.82, 2.24) is 15.0 Å². The molecule has 1 aliphatic rings. The lowest BCUT2D eigenvalue weighted by Crippen LogP contribution is -1.88. The molecule has 2 heterocycles. The first kappa shape index (κ1) is 4.43. The van der Waals surface area contributed by atoms with Crippen molar-refractivity contribution in [3.8, 4) is 0 Å². The van der Waals surface area contributed by atoms with E-state index in [-0.39, 0.29) is 0 Å². The molecule has 1 aromatic rings. The summed E-state index contributed by atoms with van der Waals surface area (Å²) in [5.41, 5.74) is 0.786. The Bertz CT molecular complexity index is 255. The molecule has 0 aromatic carbocycles. The zero-order chi connectivity index (χ0) is 6.10. The van der Waals surface area contributed by atoms with E-state index in [2.05, 4.69) is 32.9 Å². The van der Waals surface area contributed by atoms with Crippen LogP contribution in [-0.2, 0) is 0 Å². The fourth-order valence-electron chi connectivity index (χ4n) is 0.602. The minimum absolute atomic E-state index is 0.602. The quantitative estimate of drug-likeness (QED) is 0.503. The van der Waals surface area contributed by atoms with Gasteiger partial charge in [-0.15, -0.1) is 0 Å². The Labute approximate surface area is 51.7 Å². The van der Waals surface area contributed by atoms with Gasteiger partial charge in [-0.1, -0.05) is 9.98 Å². The van der Waals surface area contributed by atoms with E-state index in [0.29, 0.717) is 5.82 Å². The maximum atomic E-state index is 3.76. The van der Waals surface area contributed by atoms with Crippen molar-refractivity contribution >= 4 is 17.8 Å². The molecule has 4 heteroatoms. The molecule has 4 nitrogen and oxygen atoms in total. The zero-order valence-corrected chi connectivity index (χ0v) is 4.42. The molecule has 0 atom stereocenters. The highest BCUT2D eigenvalue weighted by atomic mass is 15.1. The van der Waals surface area contributed by atoms with Crippen molar-refractivity contribution in [1.29, 1.82) is 0 Å². The maximum absolute atomic E-state index is 3.76. The van der Waals surface area contributed by atoms with Crippen LogP contribution in [0, 0.1) is 6.33 Å². The number of anilines is 1. The predicted octanol–water partition coefficient (Wildman–Crippen LogP) is -0.425. The molecule has 3 radical (unpaired) electrons. The Kier molecular flexibility index (Phi) is 0.745. The molecule has 1 aliphatic heterocycles. The Hall–Kier alpha value is -1.45. The van der Waals surface area contributed by atoms with Crippen LogP contribution in [0.4, 0.5) is 11.5 Å². The molecule has 0 aliphatic carbocycles.